The Morgan fingerprint density at radius 3 is 2.72 bits per heavy atom. The largest absolute Gasteiger partial charge is 0.357 e. The summed E-state index contributed by atoms with van der Waals surface area (Å²) >= 11 is 0. The molecule has 0 saturated carbocycles. The number of aliphatic imine (C=N–C) groups is 1. The van der Waals surface area contributed by atoms with E-state index in [9.17, 15) is 4.39 Å². The molecule has 1 aromatic heterocycles. The molecule has 7 heteroatoms. The lowest BCUT2D eigenvalue weighted by Crippen LogP contribution is -2.37. The minimum atomic E-state index is -0.276. The van der Waals surface area contributed by atoms with Crippen LogP contribution in [-0.2, 0) is 6.54 Å². The van der Waals surface area contributed by atoms with Gasteiger partial charge in [-0.2, -0.15) is 0 Å². The third-order valence-corrected chi connectivity index (χ3v) is 3.63. The van der Waals surface area contributed by atoms with Crippen LogP contribution in [0.3, 0.4) is 0 Å². The van der Waals surface area contributed by atoms with Crippen LogP contribution in [0.2, 0.25) is 0 Å². The zero-order valence-electron chi connectivity index (χ0n) is 14.8. The van der Waals surface area contributed by atoms with Crippen LogP contribution in [-0.4, -0.2) is 28.6 Å². The van der Waals surface area contributed by atoms with Gasteiger partial charge in [0, 0.05) is 25.5 Å². The SMILES string of the molecule is CCCCCNC(=NCc1ccc(-n2ccnc2)c(F)c1)NCC.I. The molecule has 0 bridgehead atoms. The average molecular weight is 459 g/mol. The van der Waals surface area contributed by atoms with Crippen molar-refractivity contribution in [3.05, 3.63) is 48.3 Å². The Bertz CT molecular complexity index is 643. The van der Waals surface area contributed by atoms with Gasteiger partial charge in [-0.25, -0.2) is 14.4 Å². The second kappa shape index (κ2) is 11.8. The number of nitrogens with one attached hydrogen (secondary N) is 2. The number of hydrogen-bond donors (Lipinski definition) is 2. The second-order valence-electron chi connectivity index (χ2n) is 5.58. The zero-order chi connectivity index (χ0) is 17.2. The molecule has 138 valence electrons. The fourth-order valence-corrected chi connectivity index (χ4v) is 2.35. The van der Waals surface area contributed by atoms with E-state index in [1.54, 1.807) is 29.4 Å². The van der Waals surface area contributed by atoms with Crippen LogP contribution in [0.15, 0.2) is 41.9 Å². The van der Waals surface area contributed by atoms with Crippen LogP contribution < -0.4 is 10.6 Å². The van der Waals surface area contributed by atoms with Gasteiger partial charge in [-0.3, -0.25) is 0 Å². The molecular weight excluding hydrogens is 432 g/mol. The first-order valence-corrected chi connectivity index (χ1v) is 8.53. The number of imidazole rings is 1. The van der Waals surface area contributed by atoms with Crippen molar-refractivity contribution in [1.29, 1.82) is 0 Å². The molecule has 0 aliphatic carbocycles. The van der Waals surface area contributed by atoms with Crippen LogP contribution in [0.25, 0.3) is 5.69 Å². The third-order valence-electron chi connectivity index (χ3n) is 3.63. The van der Waals surface area contributed by atoms with Gasteiger partial charge >= 0.3 is 0 Å². The zero-order valence-corrected chi connectivity index (χ0v) is 17.2. The highest BCUT2D eigenvalue weighted by Crippen LogP contribution is 2.15. The third kappa shape index (κ3) is 7.01. The Morgan fingerprint density at radius 2 is 2.08 bits per heavy atom. The molecule has 0 unspecified atom stereocenters. The highest BCUT2D eigenvalue weighted by atomic mass is 127. The van der Waals surface area contributed by atoms with E-state index in [0.29, 0.717) is 12.2 Å². The van der Waals surface area contributed by atoms with Gasteiger partial charge in [-0.1, -0.05) is 25.8 Å². The summed E-state index contributed by atoms with van der Waals surface area (Å²) in [6, 6.07) is 5.17. The Labute approximate surface area is 166 Å². The predicted molar refractivity (Wildman–Crippen MR) is 111 cm³/mol. The summed E-state index contributed by atoms with van der Waals surface area (Å²) in [5.41, 5.74) is 1.33. The Kier molecular flexibility index (Phi) is 10.1. The number of nitrogens with zero attached hydrogens (tertiary/aromatic N) is 3. The van der Waals surface area contributed by atoms with E-state index in [0.717, 1.165) is 31.0 Å². The number of halogens is 2. The molecule has 0 fully saturated rings. The first-order valence-electron chi connectivity index (χ1n) is 8.53. The summed E-state index contributed by atoms with van der Waals surface area (Å²) in [5.74, 6) is 0.495. The van der Waals surface area contributed by atoms with Crippen LogP contribution >= 0.6 is 24.0 Å². The summed E-state index contributed by atoms with van der Waals surface area (Å²) in [5, 5.41) is 6.52. The fourth-order valence-electron chi connectivity index (χ4n) is 2.35. The molecule has 25 heavy (non-hydrogen) atoms. The average Bonchev–Trinajstić information content (AvgIpc) is 3.10. The van der Waals surface area contributed by atoms with Gasteiger partial charge in [0.25, 0.3) is 0 Å². The molecule has 1 heterocycles. The van der Waals surface area contributed by atoms with E-state index in [1.165, 1.54) is 18.9 Å². The standard InChI is InChI=1S/C18H26FN5.HI/c1-3-5-6-9-22-18(21-4-2)23-13-15-7-8-17(16(19)12-15)24-11-10-20-14-24;/h7-8,10-12,14H,3-6,9,13H2,1-2H3,(H2,21,22,23);1H. The maximum Gasteiger partial charge on any atom is 0.191 e. The molecule has 1 aromatic carbocycles. The topological polar surface area (TPSA) is 54.2 Å². The fraction of sp³-hybridized carbons (Fsp3) is 0.444. The number of unbranched alkanes of at least 4 members (excludes halogenated alkanes) is 2. The number of rotatable bonds is 8. The molecule has 2 aromatic rings. The monoisotopic (exact) mass is 459 g/mol. The summed E-state index contributed by atoms with van der Waals surface area (Å²) in [6.07, 6.45) is 8.45. The predicted octanol–water partition coefficient (Wildman–Crippen LogP) is 3.87. The first-order chi connectivity index (χ1) is 11.7. The van der Waals surface area contributed by atoms with E-state index in [2.05, 4.69) is 27.5 Å². The molecule has 0 aliphatic rings. The van der Waals surface area contributed by atoms with Gasteiger partial charge in [0.05, 0.1) is 18.6 Å². The number of benzene rings is 1. The maximum absolute atomic E-state index is 14.2. The molecule has 0 amide bonds. The first kappa shape index (κ1) is 21.4. The van der Waals surface area contributed by atoms with Crippen molar-refractivity contribution in [1.82, 2.24) is 20.2 Å². The highest BCUT2D eigenvalue weighted by molar-refractivity contribution is 14.0. The molecule has 0 atom stereocenters. The molecule has 2 rings (SSSR count). The van der Waals surface area contributed by atoms with Crippen molar-refractivity contribution >= 4 is 29.9 Å². The maximum atomic E-state index is 14.2. The highest BCUT2D eigenvalue weighted by Gasteiger charge is 2.05. The van der Waals surface area contributed by atoms with Gasteiger partial charge in [-0.05, 0) is 31.0 Å². The van der Waals surface area contributed by atoms with Crippen molar-refractivity contribution in [3.63, 3.8) is 0 Å². The quantitative estimate of drug-likeness (QED) is 0.273. The lowest BCUT2D eigenvalue weighted by molar-refractivity contribution is 0.615. The lowest BCUT2D eigenvalue weighted by atomic mass is 10.2. The molecule has 5 nitrogen and oxygen atoms in total. The second-order valence-corrected chi connectivity index (χ2v) is 5.58. The van der Waals surface area contributed by atoms with Crippen molar-refractivity contribution < 1.29 is 4.39 Å². The van der Waals surface area contributed by atoms with Crippen molar-refractivity contribution in [2.45, 2.75) is 39.7 Å². The molecule has 0 spiro atoms. The van der Waals surface area contributed by atoms with Crippen molar-refractivity contribution in [2.75, 3.05) is 13.1 Å². The number of guanidine groups is 1. The van der Waals surface area contributed by atoms with Gasteiger partial charge in [0.1, 0.15) is 5.82 Å². The van der Waals surface area contributed by atoms with Crippen molar-refractivity contribution in [2.24, 2.45) is 4.99 Å². The minimum absolute atomic E-state index is 0. The Balaban J connectivity index is 0.00000312. The minimum Gasteiger partial charge on any atom is -0.357 e. The Morgan fingerprint density at radius 1 is 1.24 bits per heavy atom. The summed E-state index contributed by atoms with van der Waals surface area (Å²) < 4.78 is 15.9. The van der Waals surface area contributed by atoms with Crippen LogP contribution in [0.1, 0.15) is 38.7 Å². The molecular formula is C18H27FIN5. The molecule has 0 radical (unpaired) electrons. The van der Waals surface area contributed by atoms with E-state index in [-0.39, 0.29) is 29.8 Å². The molecule has 0 aliphatic heterocycles. The van der Waals surface area contributed by atoms with Gasteiger partial charge < -0.3 is 15.2 Å². The van der Waals surface area contributed by atoms with Gasteiger partial charge in [-0.15, -0.1) is 24.0 Å². The number of hydrogen-bond acceptors (Lipinski definition) is 2. The normalized spacial score (nSPS) is 11.1. The summed E-state index contributed by atoms with van der Waals surface area (Å²) in [7, 11) is 0. The van der Waals surface area contributed by atoms with Crippen LogP contribution in [0.4, 0.5) is 4.39 Å². The van der Waals surface area contributed by atoms with Crippen LogP contribution in [0.5, 0.6) is 0 Å². The van der Waals surface area contributed by atoms with Crippen molar-refractivity contribution in [3.8, 4) is 5.69 Å². The van der Waals surface area contributed by atoms with Crippen LogP contribution in [0, 0.1) is 5.82 Å². The van der Waals surface area contributed by atoms with E-state index in [1.807, 2.05) is 13.0 Å². The van der Waals surface area contributed by atoms with Gasteiger partial charge in [0.15, 0.2) is 5.96 Å². The van der Waals surface area contributed by atoms with Gasteiger partial charge in [0.2, 0.25) is 0 Å². The molecule has 0 saturated heterocycles. The smallest absolute Gasteiger partial charge is 0.191 e. The van der Waals surface area contributed by atoms with E-state index in [4.69, 9.17) is 0 Å². The molecule has 2 N–H and O–H groups in total. The van der Waals surface area contributed by atoms with E-state index < -0.39 is 0 Å². The number of aromatic nitrogens is 2. The van der Waals surface area contributed by atoms with E-state index >= 15 is 0 Å². The Hall–Kier alpha value is -1.64. The summed E-state index contributed by atoms with van der Waals surface area (Å²) in [4.78, 5) is 8.47. The summed E-state index contributed by atoms with van der Waals surface area (Å²) in [6.45, 7) is 6.34. The lowest BCUT2D eigenvalue weighted by Gasteiger charge is -2.11.